The number of halogens is 3. The molecule has 0 atom stereocenters. The van der Waals surface area contributed by atoms with Gasteiger partial charge in [-0.15, -0.1) is 0 Å². The maximum Gasteiger partial charge on any atom is 0.416 e. The number of rotatable bonds is 3. The van der Waals surface area contributed by atoms with Gasteiger partial charge in [-0.25, -0.2) is 0 Å². The van der Waals surface area contributed by atoms with Crippen molar-refractivity contribution in [2.24, 2.45) is 4.99 Å². The molecular weight excluding hydrogens is 299 g/mol. The van der Waals surface area contributed by atoms with Crippen molar-refractivity contribution in [2.45, 2.75) is 38.9 Å². The molecule has 2 aromatic rings. The molecule has 0 aliphatic heterocycles. The van der Waals surface area contributed by atoms with E-state index in [1.807, 2.05) is 24.3 Å². The molecule has 0 heterocycles. The molecule has 0 amide bonds. The summed E-state index contributed by atoms with van der Waals surface area (Å²) >= 11 is 0. The fourth-order valence-corrected chi connectivity index (χ4v) is 2.43. The second-order valence-corrected chi connectivity index (χ2v) is 6.58. The van der Waals surface area contributed by atoms with Crippen LogP contribution in [0.3, 0.4) is 0 Å². The predicted molar refractivity (Wildman–Crippen MR) is 88.8 cm³/mol. The molecule has 0 N–H and O–H groups in total. The van der Waals surface area contributed by atoms with Crippen LogP contribution in [0, 0.1) is 0 Å². The smallest absolute Gasteiger partial charge is 0.296 e. The Morgan fingerprint density at radius 1 is 0.913 bits per heavy atom. The molecule has 1 nitrogen and oxygen atoms in total. The van der Waals surface area contributed by atoms with E-state index in [1.165, 1.54) is 12.1 Å². The molecule has 0 saturated carbocycles. The highest BCUT2D eigenvalue weighted by molar-refractivity contribution is 5.69. The van der Waals surface area contributed by atoms with Gasteiger partial charge in [0.25, 0.3) is 0 Å². The van der Waals surface area contributed by atoms with E-state index in [9.17, 15) is 13.2 Å². The van der Waals surface area contributed by atoms with Gasteiger partial charge in [0.15, 0.2) is 0 Å². The van der Waals surface area contributed by atoms with Crippen LogP contribution in [-0.4, -0.2) is 6.72 Å². The van der Waals surface area contributed by atoms with E-state index in [-0.39, 0.29) is 12.0 Å². The summed E-state index contributed by atoms with van der Waals surface area (Å²) in [5.74, 6) is 0. The van der Waals surface area contributed by atoms with Gasteiger partial charge in [0.1, 0.15) is 0 Å². The van der Waals surface area contributed by atoms with Crippen LogP contribution in [0.4, 0.5) is 13.2 Å². The van der Waals surface area contributed by atoms with Gasteiger partial charge in [0, 0.05) is 0 Å². The highest BCUT2D eigenvalue weighted by Crippen LogP contribution is 2.35. The van der Waals surface area contributed by atoms with Crippen molar-refractivity contribution in [1.29, 1.82) is 0 Å². The lowest BCUT2D eigenvalue weighted by Crippen LogP contribution is -2.10. The van der Waals surface area contributed by atoms with E-state index in [0.717, 1.165) is 22.8 Å². The molecule has 0 aliphatic carbocycles. The summed E-state index contributed by atoms with van der Waals surface area (Å²) < 4.78 is 39.0. The molecule has 0 bridgehead atoms. The first kappa shape index (κ1) is 17.3. The molecule has 4 heteroatoms. The van der Waals surface area contributed by atoms with Crippen molar-refractivity contribution >= 4 is 6.72 Å². The van der Waals surface area contributed by atoms with Gasteiger partial charge < -0.3 is 0 Å². The average molecular weight is 319 g/mol. The highest BCUT2D eigenvalue weighted by atomic mass is 19.4. The molecule has 122 valence electrons. The zero-order valence-corrected chi connectivity index (χ0v) is 13.5. The number of alkyl halides is 3. The summed E-state index contributed by atoms with van der Waals surface area (Å²) in [6.07, 6.45) is -4.36. The van der Waals surface area contributed by atoms with Crippen LogP contribution in [-0.2, 0) is 18.1 Å². The molecular formula is C19H20F3N. The molecule has 0 saturated heterocycles. The standard InChI is InChI=1S/C19H20F3N/c1-18(2,3)15-8-5-13(6-9-15)17-11-16(19(20,21)22)10-7-14(17)12-23-4/h5-11H,4,12H2,1-3H3. The van der Waals surface area contributed by atoms with E-state index in [1.54, 1.807) is 0 Å². The van der Waals surface area contributed by atoms with Crippen LogP contribution in [0.25, 0.3) is 11.1 Å². The van der Waals surface area contributed by atoms with E-state index in [2.05, 4.69) is 32.5 Å². The minimum Gasteiger partial charge on any atom is -0.296 e. The van der Waals surface area contributed by atoms with Gasteiger partial charge in [-0.05, 0) is 46.5 Å². The Labute approximate surface area is 134 Å². The topological polar surface area (TPSA) is 12.4 Å². The lowest BCUT2D eigenvalue weighted by Gasteiger charge is -2.20. The van der Waals surface area contributed by atoms with Crippen molar-refractivity contribution in [3.8, 4) is 11.1 Å². The van der Waals surface area contributed by atoms with Crippen molar-refractivity contribution in [3.05, 3.63) is 59.2 Å². The molecule has 0 unspecified atom stereocenters. The molecule has 0 radical (unpaired) electrons. The third-order valence-corrected chi connectivity index (χ3v) is 3.78. The molecule has 0 aliphatic rings. The third kappa shape index (κ3) is 4.01. The Kier molecular flexibility index (Phi) is 4.64. The first-order chi connectivity index (χ1) is 10.6. The molecule has 0 aromatic heterocycles. The van der Waals surface area contributed by atoms with E-state index in [4.69, 9.17) is 0 Å². The number of nitrogens with zero attached hydrogens (tertiary/aromatic N) is 1. The van der Waals surface area contributed by atoms with E-state index >= 15 is 0 Å². The zero-order chi connectivity index (χ0) is 17.3. The number of aliphatic imine (C=N–C) groups is 1. The summed E-state index contributed by atoms with van der Waals surface area (Å²) in [5, 5.41) is 0. The van der Waals surface area contributed by atoms with Crippen molar-refractivity contribution in [1.82, 2.24) is 0 Å². The lowest BCUT2D eigenvalue weighted by molar-refractivity contribution is -0.137. The SMILES string of the molecule is C=NCc1ccc(C(F)(F)F)cc1-c1ccc(C(C)(C)C)cc1. The lowest BCUT2D eigenvalue weighted by atomic mass is 9.86. The molecule has 23 heavy (non-hydrogen) atoms. The van der Waals surface area contributed by atoms with Crippen LogP contribution in [0.5, 0.6) is 0 Å². The van der Waals surface area contributed by atoms with Crippen LogP contribution in [0.2, 0.25) is 0 Å². The first-order valence-electron chi connectivity index (χ1n) is 7.36. The minimum absolute atomic E-state index is 0.00213. The van der Waals surface area contributed by atoms with Gasteiger partial charge in [0.2, 0.25) is 0 Å². The maximum atomic E-state index is 13.0. The normalized spacial score (nSPS) is 12.3. The molecule has 0 spiro atoms. The van der Waals surface area contributed by atoms with Gasteiger partial charge in [-0.2, -0.15) is 13.2 Å². The molecule has 2 rings (SSSR count). The quantitative estimate of drug-likeness (QED) is 0.627. The zero-order valence-electron chi connectivity index (χ0n) is 13.5. The Morgan fingerprint density at radius 3 is 1.96 bits per heavy atom. The summed E-state index contributed by atoms with van der Waals surface area (Å²) in [4.78, 5) is 3.81. The number of hydrogen-bond donors (Lipinski definition) is 0. The first-order valence-corrected chi connectivity index (χ1v) is 7.36. The fourth-order valence-electron chi connectivity index (χ4n) is 2.43. The Morgan fingerprint density at radius 2 is 1.48 bits per heavy atom. The summed E-state index contributed by atoms with van der Waals surface area (Å²) in [5.41, 5.74) is 2.52. The van der Waals surface area contributed by atoms with Crippen molar-refractivity contribution < 1.29 is 13.2 Å². The average Bonchev–Trinajstić information content (AvgIpc) is 2.46. The molecule has 0 fully saturated rings. The predicted octanol–water partition coefficient (Wildman–Crippen LogP) is 5.87. The Bertz CT molecular complexity index is 692. The summed E-state index contributed by atoms with van der Waals surface area (Å²) in [7, 11) is 0. The van der Waals surface area contributed by atoms with Gasteiger partial charge >= 0.3 is 6.18 Å². The Hall–Kier alpha value is -2.10. The third-order valence-electron chi connectivity index (χ3n) is 3.78. The van der Waals surface area contributed by atoms with Gasteiger partial charge in [0.05, 0.1) is 12.1 Å². The van der Waals surface area contributed by atoms with Crippen molar-refractivity contribution in [3.63, 3.8) is 0 Å². The van der Waals surface area contributed by atoms with Crippen LogP contribution in [0.1, 0.15) is 37.5 Å². The highest BCUT2D eigenvalue weighted by Gasteiger charge is 2.31. The maximum absolute atomic E-state index is 13.0. The van der Waals surface area contributed by atoms with E-state index in [0.29, 0.717) is 5.56 Å². The van der Waals surface area contributed by atoms with Crippen LogP contribution in [0.15, 0.2) is 47.5 Å². The monoisotopic (exact) mass is 319 g/mol. The van der Waals surface area contributed by atoms with E-state index < -0.39 is 11.7 Å². The summed E-state index contributed by atoms with van der Waals surface area (Å²) in [6.45, 7) is 10.0. The second-order valence-electron chi connectivity index (χ2n) is 6.58. The van der Waals surface area contributed by atoms with Gasteiger partial charge in [-0.3, -0.25) is 4.99 Å². The minimum atomic E-state index is -4.36. The fraction of sp³-hybridized carbons (Fsp3) is 0.316. The number of benzene rings is 2. The largest absolute Gasteiger partial charge is 0.416 e. The van der Waals surface area contributed by atoms with Crippen molar-refractivity contribution in [2.75, 3.05) is 0 Å². The summed E-state index contributed by atoms with van der Waals surface area (Å²) in [6, 6.07) is 11.4. The molecule has 2 aromatic carbocycles. The van der Waals surface area contributed by atoms with Crippen LogP contribution < -0.4 is 0 Å². The second kappa shape index (κ2) is 6.19. The Balaban J connectivity index is 2.53. The number of hydrogen-bond acceptors (Lipinski definition) is 1. The van der Waals surface area contributed by atoms with Gasteiger partial charge in [-0.1, -0.05) is 51.1 Å². The van der Waals surface area contributed by atoms with Crippen LogP contribution >= 0.6 is 0 Å².